The smallest absolute Gasteiger partial charge is 0.251 e. The van der Waals surface area contributed by atoms with Gasteiger partial charge in [-0.25, -0.2) is 4.39 Å². The normalized spacial score (nSPS) is 17.0. The molecule has 1 atom stereocenters. The predicted octanol–water partition coefficient (Wildman–Crippen LogP) is 3.55. The second-order valence-corrected chi connectivity index (χ2v) is 5.92. The van der Waals surface area contributed by atoms with Crippen molar-refractivity contribution in [2.24, 2.45) is 0 Å². The van der Waals surface area contributed by atoms with E-state index in [2.05, 4.69) is 0 Å². The average molecular weight is 366 g/mol. The van der Waals surface area contributed by atoms with E-state index in [-0.39, 0.29) is 24.1 Å². The van der Waals surface area contributed by atoms with Gasteiger partial charge >= 0.3 is 0 Å². The van der Waals surface area contributed by atoms with Crippen LogP contribution in [0.1, 0.15) is 17.4 Å². The van der Waals surface area contributed by atoms with Gasteiger partial charge in [0.05, 0.1) is 24.8 Å². The Morgan fingerprint density at radius 2 is 1.92 bits per heavy atom. The lowest BCUT2D eigenvalue weighted by Crippen LogP contribution is -2.28. The van der Waals surface area contributed by atoms with Crippen LogP contribution in [-0.4, -0.2) is 31.6 Å². The van der Waals surface area contributed by atoms with Gasteiger partial charge in [0.1, 0.15) is 23.9 Å². The molecule has 1 saturated heterocycles. The Labute approximate surface area is 149 Å². The van der Waals surface area contributed by atoms with E-state index < -0.39 is 12.0 Å². The molecule has 0 radical (unpaired) electrons. The van der Waals surface area contributed by atoms with Crippen LogP contribution in [0, 0.1) is 5.82 Å². The van der Waals surface area contributed by atoms with Crippen molar-refractivity contribution in [3.05, 3.63) is 58.4 Å². The number of nitrogens with zero attached hydrogens (tertiary/aromatic N) is 1. The Kier molecular flexibility index (Phi) is 5.11. The van der Waals surface area contributed by atoms with Gasteiger partial charge in [-0.2, -0.15) is 0 Å². The summed E-state index contributed by atoms with van der Waals surface area (Å²) in [4.78, 5) is 13.8. The molecule has 7 heteroatoms. The molecule has 1 aliphatic rings. The summed E-state index contributed by atoms with van der Waals surface area (Å²) in [6.45, 7) is 0.112. The number of amides is 1. The first-order chi connectivity index (χ1) is 12.0. The van der Waals surface area contributed by atoms with E-state index in [1.807, 2.05) is 0 Å². The lowest BCUT2D eigenvalue weighted by Gasteiger charge is -2.26. The van der Waals surface area contributed by atoms with E-state index in [4.69, 9.17) is 25.8 Å². The summed E-state index contributed by atoms with van der Waals surface area (Å²) in [5, 5.41) is 0.0377. The quantitative estimate of drug-likeness (QED) is 0.813. The molecule has 132 valence electrons. The number of carbonyl (C=O) groups excluding carboxylic acids is 1. The number of benzene rings is 2. The largest absolute Gasteiger partial charge is 0.496 e. The summed E-state index contributed by atoms with van der Waals surface area (Å²) < 4.78 is 30.2. The highest BCUT2D eigenvalue weighted by Gasteiger charge is 2.37. The minimum Gasteiger partial charge on any atom is -0.496 e. The molecule has 1 heterocycles. The highest BCUT2D eigenvalue weighted by molar-refractivity contribution is 6.30. The maximum Gasteiger partial charge on any atom is 0.251 e. The second-order valence-electron chi connectivity index (χ2n) is 5.51. The molecule has 1 amide bonds. The number of halogens is 2. The van der Waals surface area contributed by atoms with Gasteiger partial charge in [0.15, 0.2) is 6.23 Å². The van der Waals surface area contributed by atoms with Gasteiger partial charge in [0.25, 0.3) is 5.91 Å². The van der Waals surface area contributed by atoms with Crippen LogP contribution in [0.4, 0.5) is 4.39 Å². The molecular formula is C18H17ClFNO4. The van der Waals surface area contributed by atoms with E-state index in [1.165, 1.54) is 31.3 Å². The number of carbonyl (C=O) groups is 1. The molecule has 0 saturated carbocycles. The lowest BCUT2D eigenvalue weighted by molar-refractivity contribution is -0.128. The molecule has 3 rings (SSSR count). The second kappa shape index (κ2) is 7.29. The summed E-state index contributed by atoms with van der Waals surface area (Å²) >= 11 is 5.72. The van der Waals surface area contributed by atoms with Crippen LogP contribution in [0.2, 0.25) is 5.02 Å². The van der Waals surface area contributed by atoms with Crippen LogP contribution in [0.5, 0.6) is 11.5 Å². The Bertz CT molecular complexity index is 776. The van der Waals surface area contributed by atoms with Crippen molar-refractivity contribution in [1.29, 1.82) is 0 Å². The maximum atomic E-state index is 13.7. The highest BCUT2D eigenvalue weighted by atomic mass is 35.5. The van der Waals surface area contributed by atoms with Gasteiger partial charge in [-0.05, 0) is 29.8 Å². The van der Waals surface area contributed by atoms with Crippen molar-refractivity contribution in [2.45, 2.75) is 12.8 Å². The fraction of sp³-hybridized carbons (Fsp3) is 0.278. The molecular weight excluding hydrogens is 349 g/mol. The van der Waals surface area contributed by atoms with E-state index in [0.717, 1.165) is 0 Å². The van der Waals surface area contributed by atoms with Crippen LogP contribution in [-0.2, 0) is 16.1 Å². The Morgan fingerprint density at radius 1 is 1.24 bits per heavy atom. The molecule has 1 fully saturated rings. The molecule has 2 aromatic carbocycles. The Balaban J connectivity index is 1.96. The van der Waals surface area contributed by atoms with Gasteiger partial charge in [-0.15, -0.1) is 0 Å². The predicted molar refractivity (Wildman–Crippen MR) is 90.2 cm³/mol. The van der Waals surface area contributed by atoms with E-state index in [0.29, 0.717) is 22.6 Å². The Morgan fingerprint density at radius 3 is 2.52 bits per heavy atom. The van der Waals surface area contributed by atoms with Gasteiger partial charge < -0.3 is 19.1 Å². The summed E-state index contributed by atoms with van der Waals surface area (Å²) in [7, 11) is 3.07. The summed E-state index contributed by atoms with van der Waals surface area (Å²) in [6, 6.07) is 9.77. The number of rotatable bonds is 5. The van der Waals surface area contributed by atoms with Crippen LogP contribution < -0.4 is 9.47 Å². The Hall–Kier alpha value is -2.31. The van der Waals surface area contributed by atoms with Gasteiger partial charge in [-0.3, -0.25) is 4.79 Å². The van der Waals surface area contributed by atoms with Crippen molar-refractivity contribution >= 4 is 17.5 Å². The molecule has 0 aromatic heterocycles. The van der Waals surface area contributed by atoms with E-state index in [9.17, 15) is 9.18 Å². The van der Waals surface area contributed by atoms with Crippen molar-refractivity contribution in [1.82, 2.24) is 4.90 Å². The standard InChI is InChI=1S/C18H17ClFNO4/c1-23-14-4-3-5-15(24-2)17(14)18-21(16(22)10-25-18)9-11-6-7-12(19)13(20)8-11/h3-8,18H,9-10H2,1-2H3. The third kappa shape index (κ3) is 3.41. The third-order valence-electron chi connectivity index (χ3n) is 4.02. The van der Waals surface area contributed by atoms with Crippen LogP contribution >= 0.6 is 11.6 Å². The fourth-order valence-corrected chi connectivity index (χ4v) is 2.94. The molecule has 2 aromatic rings. The first-order valence-electron chi connectivity index (χ1n) is 7.61. The van der Waals surface area contributed by atoms with Crippen LogP contribution in [0.15, 0.2) is 36.4 Å². The topological polar surface area (TPSA) is 48.0 Å². The first-order valence-corrected chi connectivity index (χ1v) is 7.99. The monoisotopic (exact) mass is 365 g/mol. The molecule has 0 bridgehead atoms. The van der Waals surface area contributed by atoms with Gasteiger partial charge in [-0.1, -0.05) is 23.7 Å². The first kappa shape index (κ1) is 17.5. The molecule has 0 N–H and O–H groups in total. The number of ether oxygens (including phenoxy) is 3. The number of hydrogen-bond donors (Lipinski definition) is 0. The number of methoxy groups -OCH3 is 2. The number of hydrogen-bond acceptors (Lipinski definition) is 4. The molecule has 1 aliphatic heterocycles. The van der Waals surface area contributed by atoms with E-state index >= 15 is 0 Å². The summed E-state index contributed by atoms with van der Waals surface area (Å²) in [5.74, 6) is 0.365. The molecule has 1 unspecified atom stereocenters. The summed E-state index contributed by atoms with van der Waals surface area (Å²) in [5.41, 5.74) is 1.23. The maximum absolute atomic E-state index is 13.7. The summed E-state index contributed by atoms with van der Waals surface area (Å²) in [6.07, 6.45) is -0.683. The average Bonchev–Trinajstić information content (AvgIpc) is 2.97. The molecule has 5 nitrogen and oxygen atoms in total. The van der Waals surface area contributed by atoms with Crippen LogP contribution in [0.3, 0.4) is 0 Å². The van der Waals surface area contributed by atoms with Crippen LogP contribution in [0.25, 0.3) is 0 Å². The third-order valence-corrected chi connectivity index (χ3v) is 4.32. The van der Waals surface area contributed by atoms with Crippen molar-refractivity contribution < 1.29 is 23.4 Å². The zero-order valence-corrected chi connectivity index (χ0v) is 14.5. The minimum absolute atomic E-state index is 0.0377. The molecule has 0 spiro atoms. The zero-order chi connectivity index (χ0) is 18.0. The lowest BCUT2D eigenvalue weighted by atomic mass is 10.1. The zero-order valence-electron chi connectivity index (χ0n) is 13.8. The molecule has 25 heavy (non-hydrogen) atoms. The minimum atomic E-state index is -0.683. The highest BCUT2D eigenvalue weighted by Crippen LogP contribution is 2.40. The molecule has 0 aliphatic carbocycles. The van der Waals surface area contributed by atoms with Crippen molar-refractivity contribution in [2.75, 3.05) is 20.8 Å². The van der Waals surface area contributed by atoms with Crippen molar-refractivity contribution in [3.63, 3.8) is 0 Å². The van der Waals surface area contributed by atoms with Gasteiger partial charge in [0.2, 0.25) is 0 Å². The SMILES string of the molecule is COc1cccc(OC)c1C1OCC(=O)N1Cc1ccc(Cl)c(F)c1. The van der Waals surface area contributed by atoms with Gasteiger partial charge in [0, 0.05) is 6.54 Å². The van der Waals surface area contributed by atoms with E-state index in [1.54, 1.807) is 24.3 Å². The fourth-order valence-electron chi connectivity index (χ4n) is 2.82. The van der Waals surface area contributed by atoms with Crippen molar-refractivity contribution in [3.8, 4) is 11.5 Å².